The molecule has 0 spiro atoms. The molecule has 0 radical (unpaired) electrons. The topological polar surface area (TPSA) is 84.1 Å². The summed E-state index contributed by atoms with van der Waals surface area (Å²) in [5.74, 6) is 0.0000273. The first kappa shape index (κ1) is 17.5. The van der Waals surface area contributed by atoms with Crippen molar-refractivity contribution in [1.82, 2.24) is 24.9 Å². The summed E-state index contributed by atoms with van der Waals surface area (Å²) in [6.45, 7) is 6.84. The van der Waals surface area contributed by atoms with Crippen molar-refractivity contribution in [2.24, 2.45) is 0 Å². The number of carbonyl (C=O) groups is 1. The van der Waals surface area contributed by atoms with Crippen molar-refractivity contribution < 1.29 is 9.90 Å². The average molecular weight is 343 g/mol. The van der Waals surface area contributed by atoms with E-state index in [1.807, 2.05) is 32.9 Å². The Morgan fingerprint density at radius 2 is 2.20 bits per heavy atom. The van der Waals surface area contributed by atoms with Crippen LogP contribution in [0.2, 0.25) is 0 Å². The number of rotatable bonds is 4. The van der Waals surface area contributed by atoms with Gasteiger partial charge >= 0.3 is 0 Å². The van der Waals surface area contributed by atoms with Crippen LogP contribution in [0.5, 0.6) is 0 Å². The highest BCUT2D eigenvalue weighted by molar-refractivity contribution is 5.79. The van der Waals surface area contributed by atoms with Gasteiger partial charge in [0.1, 0.15) is 11.3 Å². The highest BCUT2D eigenvalue weighted by Gasteiger charge is 2.39. The summed E-state index contributed by atoms with van der Waals surface area (Å²) in [5, 5.41) is 19.2. The summed E-state index contributed by atoms with van der Waals surface area (Å²) in [7, 11) is 0. The Balaban J connectivity index is 1.70. The molecule has 2 aromatic rings. The third-order valence-electron chi connectivity index (χ3n) is 4.67. The van der Waals surface area contributed by atoms with Crippen LogP contribution in [0.1, 0.15) is 49.7 Å². The number of aryl methyl sites for hydroxylation is 1. The molecule has 0 aromatic carbocycles. The third-order valence-corrected chi connectivity index (χ3v) is 4.67. The van der Waals surface area contributed by atoms with Crippen LogP contribution in [0.25, 0.3) is 0 Å². The van der Waals surface area contributed by atoms with Crippen molar-refractivity contribution in [3.63, 3.8) is 0 Å². The zero-order valence-electron chi connectivity index (χ0n) is 15.0. The van der Waals surface area contributed by atoms with Crippen molar-refractivity contribution in [3.8, 4) is 0 Å². The maximum atomic E-state index is 12.6. The molecule has 134 valence electrons. The van der Waals surface area contributed by atoms with Crippen LogP contribution in [-0.4, -0.2) is 49.0 Å². The predicted octanol–water partition coefficient (Wildman–Crippen LogP) is 1.62. The third kappa shape index (κ3) is 3.87. The van der Waals surface area contributed by atoms with E-state index in [4.69, 9.17) is 0 Å². The molecular formula is C18H25N5O2. The van der Waals surface area contributed by atoms with E-state index in [1.165, 1.54) is 0 Å². The van der Waals surface area contributed by atoms with Crippen LogP contribution < -0.4 is 0 Å². The Morgan fingerprint density at radius 1 is 1.40 bits per heavy atom. The fourth-order valence-electron chi connectivity index (χ4n) is 3.09. The smallest absolute Gasteiger partial charge is 0.227 e. The number of hydrogen-bond acceptors (Lipinski definition) is 5. The van der Waals surface area contributed by atoms with Gasteiger partial charge in [0, 0.05) is 24.5 Å². The van der Waals surface area contributed by atoms with Crippen molar-refractivity contribution in [3.05, 3.63) is 41.5 Å². The highest BCUT2D eigenvalue weighted by atomic mass is 16.3. The van der Waals surface area contributed by atoms with Crippen LogP contribution in [-0.2, 0) is 16.8 Å². The largest absolute Gasteiger partial charge is 0.382 e. The van der Waals surface area contributed by atoms with Gasteiger partial charge in [0.25, 0.3) is 0 Å². The van der Waals surface area contributed by atoms with E-state index >= 15 is 0 Å². The number of hydrogen-bond donors (Lipinski definition) is 1. The second kappa shape index (κ2) is 6.92. The molecule has 0 bridgehead atoms. The number of β-amino-alcohol motifs (C(OH)–C–C–N with tert-alkyl or cyclic N) is 1. The van der Waals surface area contributed by atoms with Crippen molar-refractivity contribution in [2.75, 3.05) is 13.1 Å². The molecule has 7 heteroatoms. The van der Waals surface area contributed by atoms with Crippen LogP contribution in [0.3, 0.4) is 0 Å². The number of carbonyl (C=O) groups excluding carboxylic acids is 1. The van der Waals surface area contributed by atoms with E-state index in [0.717, 1.165) is 17.7 Å². The molecule has 3 heterocycles. The Kier molecular flexibility index (Phi) is 4.85. The number of likely N-dealkylation sites (tertiary alicyclic amines) is 1. The van der Waals surface area contributed by atoms with Gasteiger partial charge in [-0.15, -0.1) is 5.10 Å². The summed E-state index contributed by atoms with van der Waals surface area (Å²) in [4.78, 5) is 18.6. The van der Waals surface area contributed by atoms with Gasteiger partial charge in [0.05, 0.1) is 19.2 Å². The number of piperidine rings is 1. The second-order valence-electron chi connectivity index (χ2n) is 7.11. The van der Waals surface area contributed by atoms with Gasteiger partial charge in [-0.05, 0) is 45.2 Å². The van der Waals surface area contributed by atoms with Gasteiger partial charge in [-0.25, -0.2) is 4.68 Å². The van der Waals surface area contributed by atoms with E-state index in [2.05, 4.69) is 15.3 Å². The lowest BCUT2D eigenvalue weighted by Gasteiger charge is -2.38. The molecule has 1 N–H and O–H groups in total. The number of aromatic nitrogens is 4. The zero-order chi connectivity index (χ0) is 18.0. The summed E-state index contributed by atoms with van der Waals surface area (Å²) < 4.78 is 1.73. The molecule has 1 atom stereocenters. The predicted molar refractivity (Wildman–Crippen MR) is 92.8 cm³/mol. The van der Waals surface area contributed by atoms with Gasteiger partial charge < -0.3 is 10.0 Å². The highest BCUT2D eigenvalue weighted by Crippen LogP contribution is 2.30. The SMILES string of the molecule is Cc1ccc(CC(=O)N2CCC[C@@](O)(c3cn(C(C)C)nn3)C2)cn1. The Hall–Kier alpha value is -2.28. The fourth-order valence-corrected chi connectivity index (χ4v) is 3.09. The van der Waals surface area contributed by atoms with E-state index in [0.29, 0.717) is 25.1 Å². The number of amides is 1. The van der Waals surface area contributed by atoms with E-state index < -0.39 is 5.60 Å². The van der Waals surface area contributed by atoms with Crippen LogP contribution in [0, 0.1) is 6.92 Å². The molecular weight excluding hydrogens is 318 g/mol. The Bertz CT molecular complexity index is 740. The van der Waals surface area contributed by atoms with E-state index in [-0.39, 0.29) is 18.5 Å². The van der Waals surface area contributed by atoms with E-state index in [1.54, 1.807) is 22.0 Å². The molecule has 1 fully saturated rings. The number of aliphatic hydroxyl groups is 1. The van der Waals surface area contributed by atoms with Crippen LogP contribution >= 0.6 is 0 Å². The minimum absolute atomic E-state index is 0.0000273. The molecule has 1 aliphatic rings. The molecule has 3 rings (SSSR count). The molecule has 0 saturated carbocycles. The van der Waals surface area contributed by atoms with Gasteiger partial charge in [0.2, 0.25) is 5.91 Å². The Morgan fingerprint density at radius 3 is 2.84 bits per heavy atom. The molecule has 0 unspecified atom stereocenters. The fraction of sp³-hybridized carbons (Fsp3) is 0.556. The molecule has 7 nitrogen and oxygen atoms in total. The molecule has 2 aromatic heterocycles. The lowest BCUT2D eigenvalue weighted by Crippen LogP contribution is -2.49. The first-order valence-electron chi connectivity index (χ1n) is 8.71. The molecule has 0 aliphatic carbocycles. The monoisotopic (exact) mass is 343 g/mol. The van der Waals surface area contributed by atoms with Gasteiger partial charge in [-0.3, -0.25) is 9.78 Å². The minimum atomic E-state index is -1.13. The standard InChI is InChI=1S/C18H25N5O2/c1-13(2)23-11-16(20-21-23)18(25)7-4-8-22(12-18)17(24)9-15-6-5-14(3)19-10-15/h5-6,10-11,13,25H,4,7-9,12H2,1-3H3/t18-/m0/s1. The molecule has 1 aliphatic heterocycles. The lowest BCUT2D eigenvalue weighted by atomic mass is 9.89. The quantitative estimate of drug-likeness (QED) is 0.912. The summed E-state index contributed by atoms with van der Waals surface area (Å²) in [5.41, 5.74) is 1.22. The maximum absolute atomic E-state index is 12.6. The Labute approximate surface area is 147 Å². The van der Waals surface area contributed by atoms with Crippen LogP contribution in [0.4, 0.5) is 0 Å². The molecule has 1 amide bonds. The average Bonchev–Trinajstić information content (AvgIpc) is 3.08. The van der Waals surface area contributed by atoms with Crippen molar-refractivity contribution >= 4 is 5.91 Å². The first-order valence-corrected chi connectivity index (χ1v) is 8.71. The minimum Gasteiger partial charge on any atom is -0.382 e. The van der Waals surface area contributed by atoms with Gasteiger partial charge in [-0.1, -0.05) is 11.3 Å². The number of pyridine rings is 1. The molecule has 1 saturated heterocycles. The second-order valence-corrected chi connectivity index (χ2v) is 7.11. The van der Waals surface area contributed by atoms with Crippen molar-refractivity contribution in [1.29, 1.82) is 0 Å². The summed E-state index contributed by atoms with van der Waals surface area (Å²) in [6, 6.07) is 4.00. The van der Waals surface area contributed by atoms with E-state index in [9.17, 15) is 9.90 Å². The maximum Gasteiger partial charge on any atom is 0.227 e. The van der Waals surface area contributed by atoms with Crippen molar-refractivity contribution in [2.45, 2.75) is 51.7 Å². The summed E-state index contributed by atoms with van der Waals surface area (Å²) in [6.07, 6.45) is 5.13. The zero-order valence-corrected chi connectivity index (χ0v) is 15.0. The normalized spacial score (nSPS) is 20.9. The van der Waals surface area contributed by atoms with Gasteiger partial charge in [0.15, 0.2) is 0 Å². The number of nitrogens with zero attached hydrogens (tertiary/aromatic N) is 5. The summed E-state index contributed by atoms with van der Waals surface area (Å²) >= 11 is 0. The molecule has 25 heavy (non-hydrogen) atoms. The van der Waals surface area contributed by atoms with Crippen LogP contribution in [0.15, 0.2) is 24.5 Å². The van der Waals surface area contributed by atoms with Gasteiger partial charge in [-0.2, -0.15) is 0 Å². The lowest BCUT2D eigenvalue weighted by molar-refractivity contribution is -0.138. The first-order chi connectivity index (χ1) is 11.9.